The van der Waals surface area contributed by atoms with Crippen molar-refractivity contribution in [3.63, 3.8) is 0 Å². The van der Waals surface area contributed by atoms with Gasteiger partial charge in [-0.1, -0.05) is 6.07 Å². The Morgan fingerprint density at radius 1 is 1.45 bits per heavy atom. The van der Waals surface area contributed by atoms with E-state index in [-0.39, 0.29) is 25.3 Å². The van der Waals surface area contributed by atoms with E-state index in [1.165, 1.54) is 16.2 Å². The van der Waals surface area contributed by atoms with E-state index in [4.69, 9.17) is 9.52 Å². The highest BCUT2D eigenvalue weighted by Gasteiger charge is 2.19. The van der Waals surface area contributed by atoms with Crippen LogP contribution in [0.25, 0.3) is 10.8 Å². The molecule has 2 aromatic heterocycles. The van der Waals surface area contributed by atoms with Crippen LogP contribution >= 0.6 is 11.3 Å². The van der Waals surface area contributed by atoms with E-state index >= 15 is 0 Å². The first-order chi connectivity index (χ1) is 10.5. The van der Waals surface area contributed by atoms with Crippen LogP contribution in [0.3, 0.4) is 0 Å². The van der Waals surface area contributed by atoms with Crippen molar-refractivity contribution in [2.75, 3.05) is 13.1 Å². The Morgan fingerprint density at radius 3 is 2.82 bits per heavy atom. The highest BCUT2D eigenvalue weighted by atomic mass is 32.1. The number of aromatic nitrogens is 1. The van der Waals surface area contributed by atoms with Crippen LogP contribution in [-0.4, -0.2) is 40.0 Å². The molecule has 0 radical (unpaired) electrons. The zero-order chi connectivity index (χ0) is 16.1. The Labute approximate surface area is 132 Å². The number of hydrogen-bond donors (Lipinski definition) is 1. The van der Waals surface area contributed by atoms with Crippen molar-refractivity contribution in [2.45, 2.75) is 26.7 Å². The van der Waals surface area contributed by atoms with Gasteiger partial charge < -0.3 is 14.4 Å². The predicted octanol–water partition coefficient (Wildman–Crippen LogP) is 2.58. The highest BCUT2D eigenvalue weighted by Crippen LogP contribution is 2.26. The molecule has 0 aliphatic heterocycles. The summed E-state index contributed by atoms with van der Waals surface area (Å²) in [5, 5.41) is 10.7. The Bertz CT molecular complexity index is 649. The molecule has 0 fully saturated rings. The number of amides is 1. The summed E-state index contributed by atoms with van der Waals surface area (Å²) in [5.74, 6) is 0.0802. The molecule has 0 aromatic carbocycles. The molecule has 22 heavy (non-hydrogen) atoms. The van der Waals surface area contributed by atoms with E-state index in [0.29, 0.717) is 23.9 Å². The SMILES string of the molecule is CCN(CCC(=O)O)C(=O)Cc1nc(-c2cccs2)oc1C. The lowest BCUT2D eigenvalue weighted by Crippen LogP contribution is -2.34. The summed E-state index contributed by atoms with van der Waals surface area (Å²) < 4.78 is 5.61. The van der Waals surface area contributed by atoms with E-state index in [0.717, 1.165) is 4.88 Å². The van der Waals surface area contributed by atoms with Crippen molar-refractivity contribution in [2.24, 2.45) is 0 Å². The normalized spacial score (nSPS) is 10.6. The average molecular weight is 322 g/mol. The third-order valence-corrected chi connectivity index (χ3v) is 4.13. The van der Waals surface area contributed by atoms with Crippen molar-refractivity contribution in [1.29, 1.82) is 0 Å². The molecule has 7 heteroatoms. The summed E-state index contributed by atoms with van der Waals surface area (Å²) in [7, 11) is 0. The van der Waals surface area contributed by atoms with Crippen LogP contribution in [0.4, 0.5) is 0 Å². The molecular weight excluding hydrogens is 304 g/mol. The van der Waals surface area contributed by atoms with E-state index in [9.17, 15) is 9.59 Å². The second-order valence-corrected chi connectivity index (χ2v) is 5.74. The van der Waals surface area contributed by atoms with Gasteiger partial charge in [0.1, 0.15) is 5.76 Å². The van der Waals surface area contributed by atoms with Gasteiger partial charge in [0.05, 0.1) is 23.4 Å². The molecule has 1 N–H and O–H groups in total. The Balaban J connectivity index is 2.06. The number of oxazole rings is 1. The number of nitrogens with zero attached hydrogens (tertiary/aromatic N) is 2. The van der Waals surface area contributed by atoms with E-state index in [1.807, 2.05) is 24.4 Å². The van der Waals surface area contributed by atoms with Crippen molar-refractivity contribution >= 4 is 23.2 Å². The lowest BCUT2D eigenvalue weighted by atomic mass is 10.2. The number of carbonyl (C=O) groups is 2. The topological polar surface area (TPSA) is 83.6 Å². The van der Waals surface area contributed by atoms with Gasteiger partial charge in [0.25, 0.3) is 0 Å². The summed E-state index contributed by atoms with van der Waals surface area (Å²) in [6.07, 6.45) is 0.0615. The summed E-state index contributed by atoms with van der Waals surface area (Å²) in [6.45, 7) is 4.28. The fraction of sp³-hybridized carbons (Fsp3) is 0.400. The van der Waals surface area contributed by atoms with Crippen molar-refractivity contribution in [3.8, 4) is 10.8 Å². The molecule has 0 bridgehead atoms. The predicted molar refractivity (Wildman–Crippen MR) is 82.8 cm³/mol. The third-order valence-electron chi connectivity index (χ3n) is 3.27. The zero-order valence-electron chi connectivity index (χ0n) is 12.5. The second kappa shape index (κ2) is 7.22. The maximum atomic E-state index is 12.3. The molecule has 118 valence electrons. The zero-order valence-corrected chi connectivity index (χ0v) is 13.4. The molecule has 0 atom stereocenters. The molecule has 0 unspecified atom stereocenters. The molecule has 0 saturated carbocycles. The maximum Gasteiger partial charge on any atom is 0.305 e. The molecule has 2 aromatic rings. The summed E-state index contributed by atoms with van der Waals surface area (Å²) in [4.78, 5) is 29.7. The van der Waals surface area contributed by atoms with Crippen LogP contribution in [-0.2, 0) is 16.0 Å². The van der Waals surface area contributed by atoms with Gasteiger partial charge in [0, 0.05) is 13.1 Å². The molecule has 1 amide bonds. The number of carboxylic acid groups (broad SMARTS) is 1. The Morgan fingerprint density at radius 2 is 2.23 bits per heavy atom. The number of carbonyl (C=O) groups excluding carboxylic acids is 1. The van der Waals surface area contributed by atoms with Crippen LogP contribution in [0.15, 0.2) is 21.9 Å². The number of carboxylic acids is 1. The molecule has 0 aliphatic rings. The fourth-order valence-electron chi connectivity index (χ4n) is 2.04. The first-order valence-electron chi connectivity index (χ1n) is 7.01. The number of aryl methyl sites for hydroxylation is 1. The van der Waals surface area contributed by atoms with E-state index in [1.54, 1.807) is 6.92 Å². The van der Waals surface area contributed by atoms with Gasteiger partial charge >= 0.3 is 5.97 Å². The first kappa shape index (κ1) is 16.2. The minimum absolute atomic E-state index is 0.0577. The van der Waals surface area contributed by atoms with Crippen molar-refractivity contribution in [3.05, 3.63) is 29.0 Å². The second-order valence-electron chi connectivity index (χ2n) is 4.79. The average Bonchev–Trinajstić information content (AvgIpc) is 3.09. The molecule has 0 spiro atoms. The smallest absolute Gasteiger partial charge is 0.305 e. The monoisotopic (exact) mass is 322 g/mol. The number of thiophene rings is 1. The van der Waals surface area contributed by atoms with Gasteiger partial charge in [-0.3, -0.25) is 9.59 Å². The summed E-state index contributed by atoms with van der Waals surface area (Å²) in [6, 6.07) is 3.82. The number of rotatable bonds is 7. The number of likely N-dealkylation sites (N-methyl/N-ethyl adjacent to an activating group) is 1. The van der Waals surface area contributed by atoms with Crippen molar-refractivity contribution in [1.82, 2.24) is 9.88 Å². The van der Waals surface area contributed by atoms with Crippen LogP contribution < -0.4 is 0 Å². The largest absolute Gasteiger partial charge is 0.481 e. The minimum Gasteiger partial charge on any atom is -0.481 e. The van der Waals surface area contributed by atoms with E-state index < -0.39 is 5.97 Å². The maximum absolute atomic E-state index is 12.3. The summed E-state index contributed by atoms with van der Waals surface area (Å²) >= 11 is 1.52. The van der Waals surface area contributed by atoms with Crippen LogP contribution in [0.2, 0.25) is 0 Å². The number of hydrogen-bond acceptors (Lipinski definition) is 5. The van der Waals surface area contributed by atoms with Gasteiger partial charge in [-0.2, -0.15) is 0 Å². The van der Waals surface area contributed by atoms with Crippen LogP contribution in [0.1, 0.15) is 24.8 Å². The van der Waals surface area contributed by atoms with Gasteiger partial charge in [0.15, 0.2) is 0 Å². The van der Waals surface area contributed by atoms with Gasteiger partial charge in [-0.05, 0) is 25.3 Å². The molecule has 0 aliphatic carbocycles. The Hall–Kier alpha value is -2.15. The van der Waals surface area contributed by atoms with Crippen LogP contribution in [0, 0.1) is 6.92 Å². The highest BCUT2D eigenvalue weighted by molar-refractivity contribution is 7.13. The summed E-state index contributed by atoms with van der Waals surface area (Å²) in [5.41, 5.74) is 0.599. The van der Waals surface area contributed by atoms with Gasteiger partial charge in [-0.15, -0.1) is 11.3 Å². The quantitative estimate of drug-likeness (QED) is 0.847. The molecule has 6 nitrogen and oxygen atoms in total. The molecule has 0 saturated heterocycles. The number of aliphatic carboxylic acids is 1. The van der Waals surface area contributed by atoms with Gasteiger partial charge in [0.2, 0.25) is 11.8 Å². The molecular formula is C15H18N2O4S. The molecule has 2 rings (SSSR count). The minimum atomic E-state index is -0.913. The van der Waals surface area contributed by atoms with Crippen LogP contribution in [0.5, 0.6) is 0 Å². The third kappa shape index (κ3) is 3.94. The fourth-order valence-corrected chi connectivity index (χ4v) is 2.69. The van der Waals surface area contributed by atoms with Gasteiger partial charge in [-0.25, -0.2) is 4.98 Å². The lowest BCUT2D eigenvalue weighted by molar-refractivity contribution is -0.138. The Kier molecular flexibility index (Phi) is 5.32. The standard InChI is InChI=1S/C15H18N2O4S/c1-3-17(7-6-14(19)20)13(18)9-11-10(2)21-15(16-11)12-5-4-8-22-12/h4-5,8H,3,6-7,9H2,1-2H3,(H,19,20). The first-order valence-corrected chi connectivity index (χ1v) is 7.89. The van der Waals surface area contributed by atoms with E-state index in [2.05, 4.69) is 4.98 Å². The lowest BCUT2D eigenvalue weighted by Gasteiger charge is -2.19. The molecule has 2 heterocycles. The van der Waals surface area contributed by atoms with Crippen molar-refractivity contribution < 1.29 is 19.1 Å².